The van der Waals surface area contributed by atoms with Crippen LogP contribution in [0, 0.1) is 20.8 Å². The number of nitrogens with zero attached hydrogens (tertiary/aromatic N) is 1. The maximum Gasteiger partial charge on any atom is 0.0525 e. The van der Waals surface area contributed by atoms with Crippen LogP contribution in [0.5, 0.6) is 0 Å². The molecule has 1 saturated carbocycles. The van der Waals surface area contributed by atoms with Gasteiger partial charge in [0.25, 0.3) is 0 Å². The largest absolute Gasteiger partial charge is 0.323 e. The summed E-state index contributed by atoms with van der Waals surface area (Å²) in [5.74, 6) is 0. The average molecular weight is 232 g/mol. The predicted molar refractivity (Wildman–Crippen MR) is 73.2 cm³/mol. The van der Waals surface area contributed by atoms with Crippen molar-refractivity contribution in [2.75, 3.05) is 14.1 Å². The molecule has 2 rings (SSSR count). The lowest BCUT2D eigenvalue weighted by atomic mass is 9.89. The van der Waals surface area contributed by atoms with Gasteiger partial charge in [-0.2, -0.15) is 0 Å². The summed E-state index contributed by atoms with van der Waals surface area (Å²) in [6, 6.07) is 4.83. The molecule has 0 bridgehead atoms. The molecule has 0 spiro atoms. The lowest BCUT2D eigenvalue weighted by Gasteiger charge is -2.32. The summed E-state index contributed by atoms with van der Waals surface area (Å²) in [5.41, 5.74) is 12.0. The molecule has 1 unspecified atom stereocenters. The number of nitrogens with two attached hydrogens (primary N) is 1. The molecular weight excluding hydrogens is 208 g/mol. The predicted octanol–water partition coefficient (Wildman–Crippen LogP) is 2.71. The molecule has 1 aliphatic carbocycles. The zero-order valence-corrected chi connectivity index (χ0v) is 11.7. The molecule has 94 valence electrons. The van der Waals surface area contributed by atoms with Gasteiger partial charge in [0.15, 0.2) is 0 Å². The molecule has 1 aliphatic rings. The third kappa shape index (κ3) is 2.12. The van der Waals surface area contributed by atoms with Crippen molar-refractivity contribution < 1.29 is 0 Å². The molecule has 0 saturated heterocycles. The van der Waals surface area contributed by atoms with Gasteiger partial charge in [-0.25, -0.2) is 0 Å². The van der Waals surface area contributed by atoms with Crippen LogP contribution in [0.4, 0.5) is 0 Å². The molecular formula is C15H24N2. The Kier molecular flexibility index (Phi) is 3.04. The molecule has 0 amide bonds. The van der Waals surface area contributed by atoms with E-state index in [1.165, 1.54) is 22.3 Å². The molecule has 2 heteroatoms. The van der Waals surface area contributed by atoms with E-state index in [2.05, 4.69) is 51.9 Å². The van der Waals surface area contributed by atoms with E-state index in [1.807, 2.05) is 0 Å². The van der Waals surface area contributed by atoms with Gasteiger partial charge in [-0.15, -0.1) is 0 Å². The molecule has 0 aromatic heterocycles. The van der Waals surface area contributed by atoms with Crippen molar-refractivity contribution in [3.05, 3.63) is 34.4 Å². The lowest BCUT2D eigenvalue weighted by Crippen LogP contribution is -2.39. The first-order chi connectivity index (χ1) is 7.87. The van der Waals surface area contributed by atoms with Crippen LogP contribution in [0.25, 0.3) is 0 Å². The molecule has 1 atom stereocenters. The van der Waals surface area contributed by atoms with Gasteiger partial charge in [0.1, 0.15) is 0 Å². The third-order valence-electron chi connectivity index (χ3n) is 4.28. The van der Waals surface area contributed by atoms with E-state index in [0.717, 1.165) is 12.8 Å². The quantitative estimate of drug-likeness (QED) is 0.868. The SMILES string of the molecule is Cc1ccc(C(N(C)C)C2(N)CC2)c(C)c1C. The number of aryl methyl sites for hydroxylation is 1. The third-order valence-corrected chi connectivity index (χ3v) is 4.28. The first-order valence-corrected chi connectivity index (χ1v) is 6.39. The Morgan fingerprint density at radius 2 is 1.71 bits per heavy atom. The molecule has 0 heterocycles. The van der Waals surface area contributed by atoms with E-state index in [9.17, 15) is 0 Å². The maximum atomic E-state index is 6.44. The molecule has 1 fully saturated rings. The van der Waals surface area contributed by atoms with Crippen LogP contribution in [0.15, 0.2) is 12.1 Å². The standard InChI is InChI=1S/C15H24N2/c1-10-6-7-13(12(3)11(10)2)14(17(4)5)15(16)8-9-15/h6-7,14H,8-9,16H2,1-5H3. The van der Waals surface area contributed by atoms with Crippen molar-refractivity contribution in [2.24, 2.45) is 5.73 Å². The van der Waals surface area contributed by atoms with Gasteiger partial charge < -0.3 is 10.6 Å². The molecule has 17 heavy (non-hydrogen) atoms. The van der Waals surface area contributed by atoms with Gasteiger partial charge >= 0.3 is 0 Å². The first-order valence-electron chi connectivity index (χ1n) is 6.39. The zero-order valence-electron chi connectivity index (χ0n) is 11.7. The average Bonchev–Trinajstić information content (AvgIpc) is 2.97. The number of benzene rings is 1. The van der Waals surface area contributed by atoms with Gasteiger partial charge in [-0.05, 0) is 70.0 Å². The van der Waals surface area contributed by atoms with E-state index in [1.54, 1.807) is 0 Å². The van der Waals surface area contributed by atoms with Crippen LogP contribution in [0.3, 0.4) is 0 Å². The minimum atomic E-state index is -0.00401. The number of hydrogen-bond donors (Lipinski definition) is 1. The Balaban J connectivity index is 2.47. The monoisotopic (exact) mass is 232 g/mol. The van der Waals surface area contributed by atoms with Crippen LogP contribution in [-0.4, -0.2) is 24.5 Å². The Bertz CT molecular complexity index is 431. The lowest BCUT2D eigenvalue weighted by molar-refractivity contribution is 0.245. The van der Waals surface area contributed by atoms with Gasteiger partial charge in [0.2, 0.25) is 0 Å². The fourth-order valence-corrected chi connectivity index (χ4v) is 2.79. The highest BCUT2D eigenvalue weighted by Crippen LogP contribution is 2.47. The Labute approximate surface area is 105 Å². The maximum absolute atomic E-state index is 6.44. The molecule has 2 nitrogen and oxygen atoms in total. The smallest absolute Gasteiger partial charge is 0.0525 e. The molecule has 1 aromatic rings. The van der Waals surface area contributed by atoms with Crippen molar-refractivity contribution in [3.8, 4) is 0 Å². The van der Waals surface area contributed by atoms with Crippen LogP contribution in [0.2, 0.25) is 0 Å². The summed E-state index contributed by atoms with van der Waals surface area (Å²) in [7, 11) is 4.26. The van der Waals surface area contributed by atoms with Crippen molar-refractivity contribution >= 4 is 0 Å². The molecule has 0 aliphatic heterocycles. The minimum absolute atomic E-state index is 0.00401. The van der Waals surface area contributed by atoms with Crippen LogP contribution in [0.1, 0.15) is 41.1 Å². The van der Waals surface area contributed by atoms with Crippen molar-refractivity contribution in [3.63, 3.8) is 0 Å². The van der Waals surface area contributed by atoms with Crippen LogP contribution in [-0.2, 0) is 0 Å². The summed E-state index contributed by atoms with van der Waals surface area (Å²) in [5, 5.41) is 0. The highest BCUT2D eigenvalue weighted by Gasteiger charge is 2.47. The second kappa shape index (κ2) is 4.11. The van der Waals surface area contributed by atoms with Gasteiger partial charge in [-0.3, -0.25) is 0 Å². The second-order valence-corrected chi connectivity index (χ2v) is 5.82. The fourth-order valence-electron chi connectivity index (χ4n) is 2.79. The van der Waals surface area contributed by atoms with Crippen LogP contribution >= 0.6 is 0 Å². The summed E-state index contributed by atoms with van der Waals surface area (Å²) in [6.45, 7) is 6.60. The summed E-state index contributed by atoms with van der Waals surface area (Å²) < 4.78 is 0. The Morgan fingerprint density at radius 1 is 1.12 bits per heavy atom. The second-order valence-electron chi connectivity index (χ2n) is 5.82. The number of likely N-dealkylation sites (N-methyl/N-ethyl adjacent to an activating group) is 1. The normalized spacial score (nSPS) is 19.5. The van der Waals surface area contributed by atoms with Crippen molar-refractivity contribution in [1.29, 1.82) is 0 Å². The zero-order chi connectivity index (χ0) is 12.8. The summed E-state index contributed by atoms with van der Waals surface area (Å²) >= 11 is 0. The number of rotatable bonds is 3. The Hall–Kier alpha value is -0.860. The minimum Gasteiger partial charge on any atom is -0.323 e. The van der Waals surface area contributed by atoms with Gasteiger partial charge in [0.05, 0.1) is 6.04 Å². The fraction of sp³-hybridized carbons (Fsp3) is 0.600. The van der Waals surface area contributed by atoms with E-state index < -0.39 is 0 Å². The summed E-state index contributed by atoms with van der Waals surface area (Å²) in [6.07, 6.45) is 2.28. The number of hydrogen-bond acceptors (Lipinski definition) is 2. The van der Waals surface area contributed by atoms with Crippen molar-refractivity contribution in [1.82, 2.24) is 4.90 Å². The van der Waals surface area contributed by atoms with E-state index in [0.29, 0.717) is 6.04 Å². The van der Waals surface area contributed by atoms with Crippen LogP contribution < -0.4 is 5.73 Å². The van der Waals surface area contributed by atoms with E-state index in [-0.39, 0.29) is 5.54 Å². The first kappa shape index (κ1) is 12.6. The van der Waals surface area contributed by atoms with Crippen molar-refractivity contribution in [2.45, 2.75) is 45.2 Å². The molecule has 1 aromatic carbocycles. The van der Waals surface area contributed by atoms with Gasteiger partial charge in [0, 0.05) is 5.54 Å². The van der Waals surface area contributed by atoms with E-state index in [4.69, 9.17) is 5.73 Å². The highest BCUT2D eigenvalue weighted by atomic mass is 15.1. The molecule has 2 N–H and O–H groups in total. The van der Waals surface area contributed by atoms with Gasteiger partial charge in [-0.1, -0.05) is 12.1 Å². The molecule has 0 radical (unpaired) electrons. The summed E-state index contributed by atoms with van der Waals surface area (Å²) in [4.78, 5) is 2.27. The van der Waals surface area contributed by atoms with E-state index >= 15 is 0 Å². The highest BCUT2D eigenvalue weighted by molar-refractivity contribution is 5.42. The Morgan fingerprint density at radius 3 is 2.18 bits per heavy atom. The topological polar surface area (TPSA) is 29.3 Å².